The van der Waals surface area contributed by atoms with E-state index in [0.717, 1.165) is 71.2 Å². The number of halogens is 1. The van der Waals surface area contributed by atoms with Crippen LogP contribution in [0.1, 0.15) is 70.3 Å². The summed E-state index contributed by atoms with van der Waals surface area (Å²) in [5, 5.41) is 0. The van der Waals surface area contributed by atoms with Crippen LogP contribution in [0.25, 0.3) is 0 Å². The van der Waals surface area contributed by atoms with Crippen molar-refractivity contribution in [1.29, 1.82) is 0 Å². The van der Waals surface area contributed by atoms with Crippen LogP contribution in [0.15, 0.2) is 39.1 Å². The van der Waals surface area contributed by atoms with Gasteiger partial charge in [-0.25, -0.2) is 0 Å². The van der Waals surface area contributed by atoms with Gasteiger partial charge in [0.1, 0.15) is 0 Å². The van der Waals surface area contributed by atoms with Gasteiger partial charge in [-0.15, -0.1) is 0 Å². The van der Waals surface area contributed by atoms with E-state index in [1.807, 2.05) is 26.0 Å². The Morgan fingerprint density at radius 2 is 1.62 bits per heavy atom. The number of hydrogen-bond donors (Lipinski definition) is 0. The summed E-state index contributed by atoms with van der Waals surface area (Å²) < 4.78 is 17.7. The molecular formula is C27H34BrNO5. The molecule has 0 radical (unpaired) electrons. The molecule has 0 bridgehead atoms. The van der Waals surface area contributed by atoms with Crippen LogP contribution in [0.3, 0.4) is 0 Å². The predicted molar refractivity (Wildman–Crippen MR) is 134 cm³/mol. The molecule has 1 aromatic rings. The molecule has 0 unspecified atom stereocenters. The molecule has 2 aliphatic carbocycles. The van der Waals surface area contributed by atoms with Gasteiger partial charge in [0.15, 0.2) is 23.1 Å². The van der Waals surface area contributed by atoms with E-state index < -0.39 is 0 Å². The minimum Gasteiger partial charge on any atom is -0.493 e. The van der Waals surface area contributed by atoms with Gasteiger partial charge in [0, 0.05) is 61.6 Å². The lowest BCUT2D eigenvalue weighted by Crippen LogP contribution is -2.39. The molecule has 0 aromatic heterocycles. The fourth-order valence-electron chi connectivity index (χ4n) is 5.44. The van der Waals surface area contributed by atoms with Crippen molar-refractivity contribution in [2.45, 2.75) is 70.8 Å². The van der Waals surface area contributed by atoms with Crippen molar-refractivity contribution in [2.75, 3.05) is 27.4 Å². The van der Waals surface area contributed by atoms with Crippen LogP contribution >= 0.6 is 15.9 Å². The van der Waals surface area contributed by atoms with Crippen LogP contribution in [0.5, 0.6) is 11.5 Å². The summed E-state index contributed by atoms with van der Waals surface area (Å²) in [6.07, 6.45) is 5.25. The van der Waals surface area contributed by atoms with Crippen LogP contribution < -0.4 is 9.47 Å². The number of ketones is 2. The molecule has 0 N–H and O–H groups in total. The Morgan fingerprint density at radius 1 is 1.00 bits per heavy atom. The van der Waals surface area contributed by atoms with Gasteiger partial charge in [-0.05, 0) is 79.6 Å². The molecule has 3 aliphatic rings. The Kier molecular flexibility index (Phi) is 7.83. The Hall–Kier alpha value is -2.12. The average molecular weight is 532 g/mol. The number of rotatable bonds is 8. The van der Waals surface area contributed by atoms with Gasteiger partial charge < -0.3 is 19.1 Å². The van der Waals surface area contributed by atoms with E-state index in [1.165, 1.54) is 0 Å². The monoisotopic (exact) mass is 531 g/mol. The Labute approximate surface area is 210 Å². The summed E-state index contributed by atoms with van der Waals surface area (Å²) in [7, 11) is 3.32. The molecule has 0 saturated carbocycles. The summed E-state index contributed by atoms with van der Waals surface area (Å²) in [6, 6.07) is 3.93. The molecule has 0 spiro atoms. The number of benzene rings is 1. The molecule has 184 valence electrons. The quantitative estimate of drug-likeness (QED) is 0.401. The number of methoxy groups -OCH3 is 2. The Morgan fingerprint density at radius 3 is 2.15 bits per heavy atom. The van der Waals surface area contributed by atoms with Crippen LogP contribution in [-0.2, 0) is 14.3 Å². The lowest BCUT2D eigenvalue weighted by atomic mass is 9.71. The van der Waals surface area contributed by atoms with Gasteiger partial charge in [0.2, 0.25) is 0 Å². The summed E-state index contributed by atoms with van der Waals surface area (Å²) in [5.41, 5.74) is 4.63. The van der Waals surface area contributed by atoms with E-state index in [4.69, 9.17) is 14.2 Å². The van der Waals surface area contributed by atoms with Gasteiger partial charge in [-0.2, -0.15) is 0 Å². The molecule has 0 amide bonds. The second kappa shape index (κ2) is 10.6. The van der Waals surface area contributed by atoms with Gasteiger partial charge in [0.25, 0.3) is 0 Å². The largest absolute Gasteiger partial charge is 0.493 e. The standard InChI is InChI=1S/C27H34BrNO5/c1-16(2)34-27-18(28)14-17(15-23(27)33-4)24-25-19(8-5-10-21(25)30)29(12-7-13-32-3)20-9-6-11-22(31)26(20)24/h14-16,24H,5-13H2,1-4H3. The second-order valence-corrected chi connectivity index (χ2v) is 10.3. The van der Waals surface area contributed by atoms with Crippen molar-refractivity contribution in [1.82, 2.24) is 4.90 Å². The fourth-order valence-corrected chi connectivity index (χ4v) is 6.00. The maximum absolute atomic E-state index is 13.4. The first kappa shape index (κ1) is 25.0. The molecule has 0 saturated heterocycles. The number of ether oxygens (including phenoxy) is 3. The number of allylic oxidation sites excluding steroid dienone is 4. The van der Waals surface area contributed by atoms with Gasteiger partial charge in [-0.3, -0.25) is 9.59 Å². The van der Waals surface area contributed by atoms with Gasteiger partial charge >= 0.3 is 0 Å². The minimum absolute atomic E-state index is 0.0187. The average Bonchev–Trinajstić information content (AvgIpc) is 2.80. The fraction of sp³-hybridized carbons (Fsp3) is 0.556. The Bertz CT molecular complexity index is 998. The SMILES string of the molecule is COCCCN1C2=C(C(=O)CCC2)C(c2cc(Br)c(OC(C)C)c(OC)c2)C2=C1CCCC2=O. The number of Topliss-reactive ketones (excluding diaryl/α,β-unsaturated/α-hetero) is 2. The van der Waals surface area contributed by atoms with Crippen molar-refractivity contribution >= 4 is 27.5 Å². The summed E-state index contributed by atoms with van der Waals surface area (Å²) in [4.78, 5) is 29.1. The van der Waals surface area contributed by atoms with Crippen molar-refractivity contribution in [3.05, 3.63) is 44.7 Å². The van der Waals surface area contributed by atoms with Crippen LogP contribution in [-0.4, -0.2) is 49.9 Å². The molecule has 1 aromatic carbocycles. The lowest BCUT2D eigenvalue weighted by molar-refractivity contribution is -0.117. The third-order valence-electron chi connectivity index (χ3n) is 6.76. The van der Waals surface area contributed by atoms with E-state index in [9.17, 15) is 9.59 Å². The van der Waals surface area contributed by atoms with Crippen LogP contribution in [0.2, 0.25) is 0 Å². The number of hydrogen-bond acceptors (Lipinski definition) is 6. The number of nitrogens with zero attached hydrogens (tertiary/aromatic N) is 1. The third kappa shape index (κ3) is 4.69. The zero-order chi connectivity index (χ0) is 24.4. The highest BCUT2D eigenvalue weighted by molar-refractivity contribution is 9.10. The summed E-state index contributed by atoms with van der Waals surface area (Å²) >= 11 is 3.66. The summed E-state index contributed by atoms with van der Waals surface area (Å²) in [5.74, 6) is 1.14. The molecule has 0 fully saturated rings. The molecule has 34 heavy (non-hydrogen) atoms. The number of carbonyl (C=O) groups excluding carboxylic acids is 2. The van der Waals surface area contributed by atoms with Crippen LogP contribution in [0, 0.1) is 0 Å². The van der Waals surface area contributed by atoms with Crippen molar-refractivity contribution < 1.29 is 23.8 Å². The van der Waals surface area contributed by atoms with E-state index in [0.29, 0.717) is 30.9 Å². The maximum Gasteiger partial charge on any atom is 0.175 e. The summed E-state index contributed by atoms with van der Waals surface area (Å²) in [6.45, 7) is 5.34. The molecule has 6 nitrogen and oxygen atoms in total. The predicted octanol–water partition coefficient (Wildman–Crippen LogP) is 5.69. The van der Waals surface area contributed by atoms with Gasteiger partial charge in [0.05, 0.1) is 17.7 Å². The van der Waals surface area contributed by atoms with Crippen molar-refractivity contribution in [3.63, 3.8) is 0 Å². The first-order chi connectivity index (χ1) is 16.4. The lowest BCUT2D eigenvalue weighted by Gasteiger charge is -2.44. The van der Waals surface area contributed by atoms with E-state index >= 15 is 0 Å². The van der Waals surface area contributed by atoms with Crippen molar-refractivity contribution in [3.8, 4) is 11.5 Å². The van der Waals surface area contributed by atoms with E-state index in [1.54, 1.807) is 14.2 Å². The first-order valence-electron chi connectivity index (χ1n) is 12.2. The van der Waals surface area contributed by atoms with E-state index in [2.05, 4.69) is 20.8 Å². The smallest absolute Gasteiger partial charge is 0.175 e. The zero-order valence-electron chi connectivity index (χ0n) is 20.5. The highest BCUT2D eigenvalue weighted by atomic mass is 79.9. The Balaban J connectivity index is 1.89. The zero-order valence-corrected chi connectivity index (χ0v) is 22.1. The van der Waals surface area contributed by atoms with Crippen LogP contribution in [0.4, 0.5) is 0 Å². The van der Waals surface area contributed by atoms with E-state index in [-0.39, 0.29) is 23.6 Å². The molecule has 1 aliphatic heterocycles. The second-order valence-electron chi connectivity index (χ2n) is 9.41. The topological polar surface area (TPSA) is 65.1 Å². The third-order valence-corrected chi connectivity index (χ3v) is 7.34. The molecular weight excluding hydrogens is 498 g/mol. The number of carbonyl (C=O) groups is 2. The maximum atomic E-state index is 13.4. The normalized spacial score (nSPS) is 19.1. The molecule has 0 atom stereocenters. The highest BCUT2D eigenvalue weighted by Crippen LogP contribution is 2.51. The van der Waals surface area contributed by atoms with Crippen molar-refractivity contribution in [2.24, 2.45) is 0 Å². The first-order valence-corrected chi connectivity index (χ1v) is 13.0. The minimum atomic E-state index is -0.373. The molecule has 4 rings (SSSR count). The molecule has 1 heterocycles. The van der Waals surface area contributed by atoms with Gasteiger partial charge in [-0.1, -0.05) is 0 Å². The highest BCUT2D eigenvalue weighted by Gasteiger charge is 2.43. The molecule has 7 heteroatoms.